The fourth-order valence-electron chi connectivity index (χ4n) is 0.456. The van der Waals surface area contributed by atoms with E-state index in [0.717, 1.165) is 0 Å². The molecule has 0 aromatic carbocycles. The first-order chi connectivity index (χ1) is 3.79. The molecule has 0 saturated carbocycles. The summed E-state index contributed by atoms with van der Waals surface area (Å²) in [4.78, 5) is 0. The molecule has 0 aromatic heterocycles. The van der Waals surface area contributed by atoms with Crippen molar-refractivity contribution in [3.8, 4) is 0 Å². The predicted molar refractivity (Wildman–Crippen MR) is 21.7 cm³/mol. The van der Waals surface area contributed by atoms with Gasteiger partial charge in [-0.3, -0.25) is 0 Å². The van der Waals surface area contributed by atoms with Crippen molar-refractivity contribution in [2.45, 2.75) is 12.7 Å². The van der Waals surface area contributed by atoms with Gasteiger partial charge in [0.25, 0.3) is 0 Å². The van der Waals surface area contributed by atoms with E-state index in [4.69, 9.17) is 0 Å². The summed E-state index contributed by atoms with van der Waals surface area (Å²) in [5.74, 6) is 0. The number of ether oxygens (including phenoxy) is 2. The SMILES string of the molecule is FC1COC(F)OC1. The van der Waals surface area contributed by atoms with Crippen LogP contribution in [0.2, 0.25) is 0 Å². The van der Waals surface area contributed by atoms with Crippen LogP contribution in [0.15, 0.2) is 0 Å². The van der Waals surface area contributed by atoms with E-state index in [1.807, 2.05) is 0 Å². The highest BCUT2D eigenvalue weighted by Crippen LogP contribution is 2.07. The van der Waals surface area contributed by atoms with E-state index in [-0.39, 0.29) is 13.2 Å². The van der Waals surface area contributed by atoms with E-state index in [9.17, 15) is 8.78 Å². The van der Waals surface area contributed by atoms with Crippen LogP contribution in [0.1, 0.15) is 0 Å². The molecule has 2 nitrogen and oxygen atoms in total. The van der Waals surface area contributed by atoms with Gasteiger partial charge in [-0.1, -0.05) is 0 Å². The molecule has 1 aliphatic rings. The predicted octanol–water partition coefficient (Wildman–Crippen LogP) is 0.624. The van der Waals surface area contributed by atoms with Crippen molar-refractivity contribution < 1.29 is 18.3 Å². The van der Waals surface area contributed by atoms with Gasteiger partial charge in [0, 0.05) is 0 Å². The lowest BCUT2D eigenvalue weighted by Gasteiger charge is -2.18. The maximum atomic E-state index is 11.9. The molecule has 0 amide bonds. The minimum absolute atomic E-state index is 0.193. The smallest absolute Gasteiger partial charge is 0.309 e. The van der Waals surface area contributed by atoms with Crippen molar-refractivity contribution in [1.82, 2.24) is 0 Å². The van der Waals surface area contributed by atoms with Crippen LogP contribution in [-0.2, 0) is 9.47 Å². The van der Waals surface area contributed by atoms with Gasteiger partial charge in [-0.2, -0.15) is 4.39 Å². The van der Waals surface area contributed by atoms with E-state index in [2.05, 4.69) is 9.47 Å². The fraction of sp³-hybridized carbons (Fsp3) is 1.00. The van der Waals surface area contributed by atoms with Crippen molar-refractivity contribution in [3.63, 3.8) is 0 Å². The minimum atomic E-state index is -1.72. The Balaban J connectivity index is 2.19. The topological polar surface area (TPSA) is 18.5 Å². The van der Waals surface area contributed by atoms with E-state index in [0.29, 0.717) is 0 Å². The van der Waals surface area contributed by atoms with Crippen LogP contribution < -0.4 is 0 Å². The zero-order valence-corrected chi connectivity index (χ0v) is 4.14. The van der Waals surface area contributed by atoms with Crippen LogP contribution in [0.25, 0.3) is 0 Å². The molecule has 1 heterocycles. The third kappa shape index (κ3) is 1.38. The second-order valence-electron chi connectivity index (χ2n) is 1.54. The first kappa shape index (κ1) is 5.91. The van der Waals surface area contributed by atoms with Crippen LogP contribution in [0, 0.1) is 0 Å². The lowest BCUT2D eigenvalue weighted by Crippen LogP contribution is -2.30. The second kappa shape index (κ2) is 2.37. The van der Waals surface area contributed by atoms with Gasteiger partial charge in [-0.15, -0.1) is 0 Å². The van der Waals surface area contributed by atoms with Crippen molar-refractivity contribution in [1.29, 1.82) is 0 Å². The van der Waals surface area contributed by atoms with Gasteiger partial charge in [0.2, 0.25) is 0 Å². The van der Waals surface area contributed by atoms with Gasteiger partial charge in [-0.05, 0) is 0 Å². The van der Waals surface area contributed by atoms with E-state index in [1.165, 1.54) is 0 Å². The number of hydrogen-bond acceptors (Lipinski definition) is 2. The molecular formula is C4H6F2O2. The van der Waals surface area contributed by atoms with Crippen LogP contribution in [0.3, 0.4) is 0 Å². The average molecular weight is 124 g/mol. The zero-order valence-electron chi connectivity index (χ0n) is 4.14. The normalized spacial score (nSPS) is 39.8. The van der Waals surface area contributed by atoms with Gasteiger partial charge in [0.15, 0.2) is 0 Å². The minimum Gasteiger partial charge on any atom is -0.323 e. The summed E-state index contributed by atoms with van der Waals surface area (Å²) in [6.45, 7) is -2.11. The third-order valence-electron chi connectivity index (χ3n) is 0.816. The Labute approximate surface area is 45.4 Å². The highest BCUT2D eigenvalue weighted by Gasteiger charge is 2.19. The van der Waals surface area contributed by atoms with Gasteiger partial charge < -0.3 is 9.47 Å². The Bertz CT molecular complexity index is 60.4. The Morgan fingerprint density at radius 2 is 1.62 bits per heavy atom. The first-order valence-corrected chi connectivity index (χ1v) is 2.30. The van der Waals surface area contributed by atoms with Gasteiger partial charge in [-0.25, -0.2) is 4.39 Å². The molecule has 4 heteroatoms. The van der Waals surface area contributed by atoms with Crippen molar-refractivity contribution >= 4 is 0 Å². The number of hydrogen-bond donors (Lipinski definition) is 0. The largest absolute Gasteiger partial charge is 0.323 e. The standard InChI is InChI=1S/C4H6F2O2/c5-3-1-7-4(6)8-2-3/h3-4H,1-2H2. The van der Waals surface area contributed by atoms with Crippen LogP contribution in [-0.4, -0.2) is 25.9 Å². The molecule has 1 fully saturated rings. The summed E-state index contributed by atoms with van der Waals surface area (Å²) >= 11 is 0. The highest BCUT2D eigenvalue weighted by molar-refractivity contribution is 4.54. The van der Waals surface area contributed by atoms with Crippen molar-refractivity contribution in [2.24, 2.45) is 0 Å². The third-order valence-corrected chi connectivity index (χ3v) is 0.816. The number of halogens is 2. The lowest BCUT2D eigenvalue weighted by atomic mass is 10.4. The van der Waals surface area contributed by atoms with E-state index in [1.54, 1.807) is 0 Å². The maximum Gasteiger partial charge on any atom is 0.309 e. The molecule has 48 valence electrons. The summed E-state index contributed by atoms with van der Waals surface area (Å²) in [5.41, 5.74) is 0. The quantitative estimate of drug-likeness (QED) is 0.471. The van der Waals surface area contributed by atoms with Crippen LogP contribution >= 0.6 is 0 Å². The Morgan fingerprint density at radius 3 is 2.00 bits per heavy atom. The Kier molecular flexibility index (Phi) is 1.75. The average Bonchev–Trinajstić information content (AvgIpc) is 1.77. The molecule has 8 heavy (non-hydrogen) atoms. The molecule has 0 N–H and O–H groups in total. The maximum absolute atomic E-state index is 11.9. The number of rotatable bonds is 0. The first-order valence-electron chi connectivity index (χ1n) is 2.30. The number of alkyl halides is 2. The van der Waals surface area contributed by atoms with Crippen molar-refractivity contribution in [2.75, 3.05) is 13.2 Å². The zero-order chi connectivity index (χ0) is 5.98. The molecule has 0 aliphatic carbocycles. The Hall–Kier alpha value is -0.220. The highest BCUT2D eigenvalue weighted by atomic mass is 19.2. The molecular weight excluding hydrogens is 118 g/mol. The molecule has 0 unspecified atom stereocenters. The molecule has 0 atom stereocenters. The summed E-state index contributed by atoms with van der Waals surface area (Å²) in [7, 11) is 0. The molecule has 1 saturated heterocycles. The summed E-state index contributed by atoms with van der Waals surface area (Å²) in [5, 5.41) is 0. The molecule has 0 radical (unpaired) electrons. The van der Waals surface area contributed by atoms with E-state index < -0.39 is 12.7 Å². The second-order valence-corrected chi connectivity index (χ2v) is 1.54. The summed E-state index contributed by atoms with van der Waals surface area (Å²) in [6.07, 6.45) is -1.16. The molecule has 1 rings (SSSR count). The van der Waals surface area contributed by atoms with Gasteiger partial charge >= 0.3 is 6.54 Å². The fourth-order valence-corrected chi connectivity index (χ4v) is 0.456. The molecule has 0 spiro atoms. The van der Waals surface area contributed by atoms with Gasteiger partial charge in [0.1, 0.15) is 6.17 Å². The molecule has 0 aromatic rings. The van der Waals surface area contributed by atoms with E-state index >= 15 is 0 Å². The Morgan fingerprint density at radius 1 is 1.12 bits per heavy atom. The van der Waals surface area contributed by atoms with Crippen molar-refractivity contribution in [3.05, 3.63) is 0 Å². The monoisotopic (exact) mass is 124 g/mol. The summed E-state index contributed by atoms with van der Waals surface area (Å²) in [6, 6.07) is 0. The lowest BCUT2D eigenvalue weighted by molar-refractivity contribution is -0.264. The molecule has 0 bridgehead atoms. The van der Waals surface area contributed by atoms with Crippen LogP contribution in [0.4, 0.5) is 8.78 Å². The summed E-state index contributed by atoms with van der Waals surface area (Å²) < 4.78 is 31.9. The van der Waals surface area contributed by atoms with Crippen LogP contribution in [0.5, 0.6) is 0 Å². The van der Waals surface area contributed by atoms with Gasteiger partial charge in [0.05, 0.1) is 13.2 Å². The molecule has 1 aliphatic heterocycles.